The van der Waals surface area contributed by atoms with Crippen LogP contribution in [-0.4, -0.2) is 24.5 Å². The highest BCUT2D eigenvalue weighted by Crippen LogP contribution is 2.13. The van der Waals surface area contributed by atoms with Crippen molar-refractivity contribution < 1.29 is 0 Å². The van der Waals surface area contributed by atoms with Crippen LogP contribution >= 0.6 is 0 Å². The molecule has 1 rings (SSSR count). The largest absolute Gasteiger partial charge is 0.301 e. The lowest BCUT2D eigenvalue weighted by atomic mass is 10.0. The van der Waals surface area contributed by atoms with Crippen LogP contribution in [0.4, 0.5) is 0 Å². The number of hydrogen-bond donors (Lipinski definition) is 0. The van der Waals surface area contributed by atoms with Crippen molar-refractivity contribution in [2.75, 3.05) is 19.6 Å². The van der Waals surface area contributed by atoms with E-state index in [9.17, 15) is 0 Å². The third kappa shape index (κ3) is 3.21. The molecule has 0 bridgehead atoms. The molecule has 1 heterocycles. The average molecular weight is 141 g/mol. The molecule has 0 aromatic heterocycles. The molecule has 1 heteroatoms. The fourth-order valence-electron chi connectivity index (χ4n) is 1.34. The Balaban J connectivity index is 1.91. The molecule has 0 aliphatic carbocycles. The molecule has 0 aromatic rings. The Morgan fingerprint density at radius 3 is 2.60 bits per heavy atom. The quantitative estimate of drug-likeness (QED) is 0.530. The molecule has 1 aliphatic heterocycles. The van der Waals surface area contributed by atoms with Gasteiger partial charge in [-0.2, -0.15) is 0 Å². The minimum absolute atomic E-state index is 0.933. The van der Waals surface area contributed by atoms with Gasteiger partial charge in [-0.05, 0) is 12.3 Å². The van der Waals surface area contributed by atoms with Gasteiger partial charge in [-0.15, -0.1) is 0 Å². The number of nitrogens with zero attached hydrogens (tertiary/aromatic N) is 1. The fraction of sp³-hybridized carbons (Fsp3) is 1.00. The summed E-state index contributed by atoms with van der Waals surface area (Å²) in [6.45, 7) is 8.70. The first kappa shape index (κ1) is 8.06. The number of unbranched alkanes of at least 4 members (excludes halogenated alkanes) is 1. The van der Waals surface area contributed by atoms with Gasteiger partial charge in [0.1, 0.15) is 0 Å². The lowest BCUT2D eigenvalue weighted by molar-refractivity contribution is 0.401. The normalized spacial score (nSPS) is 21.0. The smallest absolute Gasteiger partial charge is 0.0110 e. The maximum absolute atomic E-state index is 2.51. The minimum atomic E-state index is 0.933. The Bertz CT molecular complexity index is 86.7. The zero-order chi connectivity index (χ0) is 7.40. The second kappa shape index (κ2) is 3.97. The molecule has 0 amide bonds. The molecule has 1 saturated heterocycles. The van der Waals surface area contributed by atoms with Gasteiger partial charge in [-0.25, -0.2) is 0 Å². The van der Waals surface area contributed by atoms with Gasteiger partial charge in [0.05, 0.1) is 0 Å². The van der Waals surface area contributed by atoms with Crippen molar-refractivity contribution in [2.24, 2.45) is 5.92 Å². The molecular formula is C9H19N. The maximum Gasteiger partial charge on any atom is 0.0110 e. The molecule has 0 saturated carbocycles. The van der Waals surface area contributed by atoms with Crippen molar-refractivity contribution >= 4 is 0 Å². The van der Waals surface area contributed by atoms with Gasteiger partial charge >= 0.3 is 0 Å². The van der Waals surface area contributed by atoms with Crippen LogP contribution in [0.3, 0.4) is 0 Å². The zero-order valence-electron chi connectivity index (χ0n) is 7.27. The van der Waals surface area contributed by atoms with Crippen LogP contribution < -0.4 is 0 Å². The van der Waals surface area contributed by atoms with E-state index in [0.29, 0.717) is 0 Å². The van der Waals surface area contributed by atoms with Crippen molar-refractivity contribution in [1.29, 1.82) is 0 Å². The Morgan fingerprint density at radius 2 is 2.10 bits per heavy atom. The van der Waals surface area contributed by atoms with E-state index in [-0.39, 0.29) is 0 Å². The van der Waals surface area contributed by atoms with E-state index >= 15 is 0 Å². The van der Waals surface area contributed by atoms with E-state index in [1.54, 1.807) is 0 Å². The van der Waals surface area contributed by atoms with Gasteiger partial charge in [-0.1, -0.05) is 26.7 Å². The van der Waals surface area contributed by atoms with Crippen LogP contribution in [0.5, 0.6) is 0 Å². The van der Waals surface area contributed by atoms with Gasteiger partial charge in [0.2, 0.25) is 0 Å². The number of rotatable bonds is 5. The fourth-order valence-corrected chi connectivity index (χ4v) is 1.34. The first-order valence-electron chi connectivity index (χ1n) is 4.55. The molecule has 0 radical (unpaired) electrons. The molecule has 1 fully saturated rings. The summed E-state index contributed by atoms with van der Waals surface area (Å²) >= 11 is 0. The van der Waals surface area contributed by atoms with E-state index < -0.39 is 0 Å². The highest BCUT2D eigenvalue weighted by molar-refractivity contribution is 4.74. The zero-order valence-corrected chi connectivity index (χ0v) is 7.27. The second-order valence-corrected chi connectivity index (χ2v) is 3.55. The van der Waals surface area contributed by atoms with Gasteiger partial charge in [0.25, 0.3) is 0 Å². The summed E-state index contributed by atoms with van der Waals surface area (Å²) < 4.78 is 0. The monoisotopic (exact) mass is 141 g/mol. The lowest BCUT2D eigenvalue weighted by Crippen LogP contribution is -2.09. The average Bonchev–Trinajstić information content (AvgIpc) is 2.67. The van der Waals surface area contributed by atoms with Crippen molar-refractivity contribution in [3.63, 3.8) is 0 Å². The van der Waals surface area contributed by atoms with E-state index in [1.807, 2.05) is 0 Å². The Morgan fingerprint density at radius 1 is 1.40 bits per heavy atom. The van der Waals surface area contributed by atoms with Crippen molar-refractivity contribution in [1.82, 2.24) is 4.90 Å². The predicted octanol–water partition coefficient (Wildman–Crippen LogP) is 2.13. The molecule has 1 nitrogen and oxygen atoms in total. The third-order valence-corrected chi connectivity index (χ3v) is 2.16. The Hall–Kier alpha value is -0.0400. The summed E-state index contributed by atoms with van der Waals surface area (Å²) in [6, 6.07) is 0. The van der Waals surface area contributed by atoms with Crippen molar-refractivity contribution in [2.45, 2.75) is 33.1 Å². The minimum Gasteiger partial charge on any atom is -0.301 e. The van der Waals surface area contributed by atoms with Gasteiger partial charge in [0, 0.05) is 19.6 Å². The van der Waals surface area contributed by atoms with Crippen LogP contribution in [0.25, 0.3) is 0 Å². The molecule has 10 heavy (non-hydrogen) atoms. The molecule has 1 unspecified atom stereocenters. The van der Waals surface area contributed by atoms with Gasteiger partial charge < -0.3 is 4.90 Å². The highest BCUT2D eigenvalue weighted by atomic mass is 15.3. The van der Waals surface area contributed by atoms with Crippen molar-refractivity contribution in [3.05, 3.63) is 0 Å². The molecule has 0 aromatic carbocycles. The summed E-state index contributed by atoms with van der Waals surface area (Å²) in [5.41, 5.74) is 0. The van der Waals surface area contributed by atoms with E-state index in [4.69, 9.17) is 0 Å². The summed E-state index contributed by atoms with van der Waals surface area (Å²) in [5.74, 6) is 0.933. The summed E-state index contributed by atoms with van der Waals surface area (Å²) in [4.78, 5) is 2.51. The predicted molar refractivity (Wildman–Crippen MR) is 45.1 cm³/mol. The molecule has 0 spiro atoms. The first-order valence-corrected chi connectivity index (χ1v) is 4.55. The highest BCUT2D eigenvalue weighted by Gasteiger charge is 2.18. The first-order chi connectivity index (χ1) is 4.83. The second-order valence-electron chi connectivity index (χ2n) is 3.55. The van der Waals surface area contributed by atoms with Gasteiger partial charge in [0.15, 0.2) is 0 Å². The molecule has 60 valence electrons. The van der Waals surface area contributed by atoms with Crippen LogP contribution in [0.1, 0.15) is 33.1 Å². The molecular weight excluding hydrogens is 122 g/mol. The molecule has 0 N–H and O–H groups in total. The summed E-state index contributed by atoms with van der Waals surface area (Å²) in [7, 11) is 0. The summed E-state index contributed by atoms with van der Waals surface area (Å²) in [5, 5.41) is 0. The van der Waals surface area contributed by atoms with Crippen LogP contribution in [0.2, 0.25) is 0 Å². The number of hydrogen-bond acceptors (Lipinski definition) is 1. The van der Waals surface area contributed by atoms with Gasteiger partial charge in [-0.3, -0.25) is 0 Å². The standard InChI is InChI=1S/C9H19N/c1-3-4-5-9(2)8-10-6-7-10/h9H,3-8H2,1-2H3. The van der Waals surface area contributed by atoms with Crippen molar-refractivity contribution in [3.8, 4) is 0 Å². The Labute approximate surface area is 64.4 Å². The van der Waals surface area contributed by atoms with E-state index in [0.717, 1.165) is 5.92 Å². The third-order valence-electron chi connectivity index (χ3n) is 2.16. The van der Waals surface area contributed by atoms with E-state index in [1.165, 1.54) is 38.9 Å². The topological polar surface area (TPSA) is 3.01 Å². The molecule has 1 aliphatic rings. The van der Waals surface area contributed by atoms with Crippen LogP contribution in [-0.2, 0) is 0 Å². The lowest BCUT2D eigenvalue weighted by Gasteiger charge is -2.09. The molecule has 1 atom stereocenters. The summed E-state index contributed by atoms with van der Waals surface area (Å²) in [6.07, 6.45) is 4.19. The van der Waals surface area contributed by atoms with Crippen LogP contribution in [0, 0.1) is 5.92 Å². The SMILES string of the molecule is CCCCC(C)CN1CC1. The van der Waals surface area contributed by atoms with E-state index in [2.05, 4.69) is 18.7 Å². The Kier molecular flexibility index (Phi) is 3.20. The maximum atomic E-state index is 2.51. The van der Waals surface area contributed by atoms with Crippen LogP contribution in [0.15, 0.2) is 0 Å².